The van der Waals surface area contributed by atoms with Gasteiger partial charge in [0.15, 0.2) is 5.78 Å². The summed E-state index contributed by atoms with van der Waals surface area (Å²) < 4.78 is 1.68. The molecule has 144 valence electrons. The van der Waals surface area contributed by atoms with Crippen LogP contribution in [0.25, 0.3) is 22.3 Å². The van der Waals surface area contributed by atoms with Gasteiger partial charge in [0.25, 0.3) is 5.56 Å². The molecule has 0 saturated carbocycles. The van der Waals surface area contributed by atoms with Gasteiger partial charge in [0.2, 0.25) is 0 Å². The van der Waals surface area contributed by atoms with Crippen molar-refractivity contribution in [1.82, 2.24) is 14.5 Å². The van der Waals surface area contributed by atoms with Crippen LogP contribution in [0, 0.1) is 6.92 Å². The zero-order chi connectivity index (χ0) is 20.2. The maximum absolute atomic E-state index is 12.9. The molecule has 3 heterocycles. The normalized spacial score (nSPS) is 12.5. The first-order valence-corrected chi connectivity index (χ1v) is 9.39. The number of phenolic OH excluding ortho intramolecular Hbond substituents is 1. The first kappa shape index (κ1) is 18.4. The van der Waals surface area contributed by atoms with E-state index in [4.69, 9.17) is 4.98 Å². The first-order chi connectivity index (χ1) is 13.3. The molecule has 0 saturated heterocycles. The van der Waals surface area contributed by atoms with Gasteiger partial charge >= 0.3 is 0 Å². The number of phenols is 1. The summed E-state index contributed by atoms with van der Waals surface area (Å²) in [5.74, 6) is 0.202. The summed E-state index contributed by atoms with van der Waals surface area (Å²) >= 11 is 0. The minimum atomic E-state index is -0.146. The molecule has 0 spiro atoms. The number of rotatable bonds is 4. The Bertz CT molecular complexity index is 1190. The Morgan fingerprint density at radius 3 is 2.71 bits per heavy atom. The molecule has 28 heavy (non-hydrogen) atoms. The third kappa shape index (κ3) is 2.72. The molecule has 6 nitrogen and oxygen atoms in total. The molecule has 0 aliphatic carbocycles. The number of ketones is 1. The van der Waals surface area contributed by atoms with Crippen molar-refractivity contribution in [2.24, 2.45) is 0 Å². The molecule has 0 radical (unpaired) electrons. The summed E-state index contributed by atoms with van der Waals surface area (Å²) in [5, 5.41) is 11.2. The molecular formula is C22H23N3O3. The smallest absolute Gasteiger partial charge is 0.255 e. The van der Waals surface area contributed by atoms with E-state index in [1.165, 1.54) is 0 Å². The molecule has 0 atom stereocenters. The van der Waals surface area contributed by atoms with Crippen LogP contribution in [0.3, 0.4) is 0 Å². The van der Waals surface area contributed by atoms with Gasteiger partial charge in [0.1, 0.15) is 5.75 Å². The van der Waals surface area contributed by atoms with Gasteiger partial charge in [-0.05, 0) is 45.3 Å². The van der Waals surface area contributed by atoms with Crippen molar-refractivity contribution < 1.29 is 9.90 Å². The lowest BCUT2D eigenvalue weighted by atomic mass is 10.0. The van der Waals surface area contributed by atoms with Gasteiger partial charge in [-0.15, -0.1) is 0 Å². The summed E-state index contributed by atoms with van der Waals surface area (Å²) in [7, 11) is 3.90. The van der Waals surface area contributed by atoms with Crippen molar-refractivity contribution >= 4 is 16.7 Å². The van der Waals surface area contributed by atoms with Crippen molar-refractivity contribution in [2.75, 3.05) is 14.1 Å². The number of carbonyl (C=O) groups is 1. The predicted molar refractivity (Wildman–Crippen MR) is 109 cm³/mol. The molecule has 1 aromatic carbocycles. The van der Waals surface area contributed by atoms with Gasteiger partial charge in [-0.2, -0.15) is 0 Å². The molecule has 1 N–H and O–H groups in total. The topological polar surface area (TPSA) is 75.4 Å². The van der Waals surface area contributed by atoms with Crippen molar-refractivity contribution in [2.45, 2.75) is 33.4 Å². The molecule has 0 amide bonds. The second kappa shape index (κ2) is 6.56. The van der Waals surface area contributed by atoms with Crippen LogP contribution in [0.4, 0.5) is 0 Å². The summed E-state index contributed by atoms with van der Waals surface area (Å²) in [6.07, 6.45) is 0.356. The summed E-state index contributed by atoms with van der Waals surface area (Å²) in [6, 6.07) is 7.26. The molecule has 3 aromatic rings. The van der Waals surface area contributed by atoms with E-state index < -0.39 is 0 Å². The van der Waals surface area contributed by atoms with Gasteiger partial charge in [-0.1, -0.05) is 6.92 Å². The zero-order valence-electron chi connectivity index (χ0n) is 16.5. The SMILES string of the molecule is CCC(=O)c1cc2n(c(=O)c1C)Cc1cc3c(CN(C)C)c(O)ccc3nc1-2. The monoisotopic (exact) mass is 377 g/mol. The number of fused-ring (bicyclic) bond motifs is 4. The van der Waals surface area contributed by atoms with E-state index in [2.05, 4.69) is 0 Å². The van der Waals surface area contributed by atoms with Crippen LogP contribution >= 0.6 is 0 Å². The molecular weight excluding hydrogens is 354 g/mol. The zero-order valence-corrected chi connectivity index (χ0v) is 16.5. The van der Waals surface area contributed by atoms with Gasteiger partial charge in [0, 0.05) is 40.6 Å². The number of aromatic nitrogens is 2. The Morgan fingerprint density at radius 1 is 1.29 bits per heavy atom. The van der Waals surface area contributed by atoms with Crippen molar-refractivity contribution in [3.05, 3.63) is 56.9 Å². The van der Waals surface area contributed by atoms with E-state index >= 15 is 0 Å². The number of hydrogen-bond donors (Lipinski definition) is 1. The van der Waals surface area contributed by atoms with Gasteiger partial charge in [-0.25, -0.2) is 4.98 Å². The number of hydrogen-bond acceptors (Lipinski definition) is 5. The van der Waals surface area contributed by atoms with E-state index in [9.17, 15) is 14.7 Å². The second-order valence-corrected chi connectivity index (χ2v) is 7.60. The number of aromatic hydroxyl groups is 1. The Kier molecular flexibility index (Phi) is 4.31. The maximum atomic E-state index is 12.9. The van der Waals surface area contributed by atoms with Crippen molar-refractivity contribution in [3.8, 4) is 17.1 Å². The number of carbonyl (C=O) groups excluding carboxylic acids is 1. The number of nitrogens with zero attached hydrogens (tertiary/aromatic N) is 3. The van der Waals surface area contributed by atoms with E-state index in [1.807, 2.05) is 25.1 Å². The highest BCUT2D eigenvalue weighted by Gasteiger charge is 2.26. The highest BCUT2D eigenvalue weighted by Crippen LogP contribution is 2.35. The van der Waals surface area contributed by atoms with Gasteiger partial charge in [-0.3, -0.25) is 9.59 Å². The third-order valence-corrected chi connectivity index (χ3v) is 5.37. The average Bonchev–Trinajstić information content (AvgIpc) is 3.02. The Labute approximate surface area is 163 Å². The van der Waals surface area contributed by atoms with E-state index in [1.54, 1.807) is 36.6 Å². The largest absolute Gasteiger partial charge is 0.508 e. The third-order valence-electron chi connectivity index (χ3n) is 5.37. The lowest BCUT2D eigenvalue weighted by Gasteiger charge is -2.14. The maximum Gasteiger partial charge on any atom is 0.255 e. The van der Waals surface area contributed by atoms with Crippen LogP contribution in [0.1, 0.15) is 40.4 Å². The molecule has 1 aliphatic rings. The van der Waals surface area contributed by atoms with Crippen LogP contribution in [0.5, 0.6) is 5.75 Å². The van der Waals surface area contributed by atoms with Crippen LogP contribution in [-0.2, 0) is 13.1 Å². The van der Waals surface area contributed by atoms with Crippen molar-refractivity contribution in [3.63, 3.8) is 0 Å². The lowest BCUT2D eigenvalue weighted by Crippen LogP contribution is -2.24. The predicted octanol–water partition coefficient (Wildman–Crippen LogP) is 3.09. The molecule has 2 aromatic heterocycles. The fraction of sp³-hybridized carbons (Fsp3) is 0.318. The average molecular weight is 377 g/mol. The Hall–Kier alpha value is -2.99. The lowest BCUT2D eigenvalue weighted by molar-refractivity contribution is 0.0987. The molecule has 0 bridgehead atoms. The highest BCUT2D eigenvalue weighted by molar-refractivity contribution is 5.98. The molecule has 0 unspecified atom stereocenters. The Morgan fingerprint density at radius 2 is 2.04 bits per heavy atom. The van der Waals surface area contributed by atoms with Crippen LogP contribution in [0.15, 0.2) is 29.1 Å². The summed E-state index contributed by atoms with van der Waals surface area (Å²) in [4.78, 5) is 32.0. The van der Waals surface area contributed by atoms with E-state index in [0.29, 0.717) is 36.3 Å². The Balaban J connectivity index is 1.96. The fourth-order valence-corrected chi connectivity index (χ4v) is 3.91. The highest BCUT2D eigenvalue weighted by atomic mass is 16.3. The second-order valence-electron chi connectivity index (χ2n) is 7.60. The molecule has 6 heteroatoms. The number of benzene rings is 1. The van der Waals surface area contributed by atoms with Crippen LogP contribution < -0.4 is 5.56 Å². The van der Waals surface area contributed by atoms with Crippen molar-refractivity contribution in [1.29, 1.82) is 0 Å². The summed E-state index contributed by atoms with van der Waals surface area (Å²) in [5.41, 5.74) is 4.75. The van der Waals surface area contributed by atoms with E-state index in [0.717, 1.165) is 27.7 Å². The quantitative estimate of drug-likeness (QED) is 0.553. The minimum absolute atomic E-state index is 0.0366. The number of Topliss-reactive ketones (excluding diaryl/α,β-unsaturated/α-hetero) is 1. The van der Waals surface area contributed by atoms with Gasteiger partial charge < -0.3 is 14.6 Å². The summed E-state index contributed by atoms with van der Waals surface area (Å²) in [6.45, 7) is 4.51. The van der Waals surface area contributed by atoms with E-state index in [-0.39, 0.29) is 17.1 Å². The van der Waals surface area contributed by atoms with Crippen LogP contribution in [0.2, 0.25) is 0 Å². The fourth-order valence-electron chi connectivity index (χ4n) is 3.91. The molecule has 0 fully saturated rings. The standard InChI is InChI=1S/C22H23N3O3/c1-5-19(26)14-9-18-21-13(10-25(18)22(28)12(14)2)8-15-16(11-24(3)4)20(27)7-6-17(15)23-21/h6-9,27H,5,10-11H2,1-4H3. The van der Waals surface area contributed by atoms with Crippen LogP contribution in [-0.4, -0.2) is 39.4 Å². The molecule has 1 aliphatic heterocycles. The number of pyridine rings is 2. The van der Waals surface area contributed by atoms with Gasteiger partial charge in [0.05, 0.1) is 23.4 Å². The first-order valence-electron chi connectivity index (χ1n) is 9.39. The molecule has 4 rings (SSSR count). The minimum Gasteiger partial charge on any atom is -0.508 e.